The fourth-order valence-corrected chi connectivity index (χ4v) is 5.04. The maximum Gasteiger partial charge on any atom is 0.251 e. The molecule has 4 heterocycles. The first kappa shape index (κ1) is 20.8. The Morgan fingerprint density at radius 2 is 1.90 bits per heavy atom. The van der Waals surface area contributed by atoms with Gasteiger partial charge in [-0.1, -0.05) is 6.07 Å². The lowest BCUT2D eigenvalue weighted by Crippen LogP contribution is -2.54. The highest BCUT2D eigenvalue weighted by Crippen LogP contribution is 2.41. The van der Waals surface area contributed by atoms with Crippen LogP contribution in [0.5, 0.6) is 0 Å². The fourth-order valence-electron chi connectivity index (χ4n) is 5.04. The number of likely N-dealkylation sites (tertiary alicyclic amines) is 1. The lowest BCUT2D eigenvalue weighted by Gasteiger charge is -2.47. The van der Waals surface area contributed by atoms with Gasteiger partial charge in [0.25, 0.3) is 5.56 Å². The average Bonchev–Trinajstić information content (AvgIpc) is 2.71. The Balaban J connectivity index is 1.50. The van der Waals surface area contributed by atoms with Crippen LogP contribution in [0.3, 0.4) is 0 Å². The van der Waals surface area contributed by atoms with Gasteiger partial charge in [-0.15, -0.1) is 0 Å². The molecule has 4 rings (SSSR count). The minimum atomic E-state index is 0.0749. The standard InChI is InChI=1S/C23H31N5O2/c1-25(2)15-21-19-11-18(20-5-4-6-22(29)28(20)21)13-27(14-19)23(30)16-26(3)12-17-7-9-24-10-8-17/h4-10,18-19,21H,11-16H2,1-3H3/t18-,19+,21+/m1/s1. The molecule has 2 aromatic heterocycles. The van der Waals surface area contributed by atoms with Crippen molar-refractivity contribution < 1.29 is 4.79 Å². The van der Waals surface area contributed by atoms with Crippen LogP contribution >= 0.6 is 0 Å². The lowest BCUT2D eigenvalue weighted by molar-refractivity contribution is -0.135. The Labute approximate surface area is 177 Å². The summed E-state index contributed by atoms with van der Waals surface area (Å²) in [5.41, 5.74) is 2.30. The van der Waals surface area contributed by atoms with Gasteiger partial charge in [0, 0.05) is 56.3 Å². The van der Waals surface area contributed by atoms with Crippen LogP contribution < -0.4 is 5.56 Å². The third kappa shape index (κ3) is 4.32. The van der Waals surface area contributed by atoms with Crippen molar-refractivity contribution in [2.24, 2.45) is 5.92 Å². The van der Waals surface area contributed by atoms with E-state index in [2.05, 4.69) is 20.9 Å². The minimum absolute atomic E-state index is 0.0749. The van der Waals surface area contributed by atoms with Crippen molar-refractivity contribution >= 4 is 5.91 Å². The number of pyridine rings is 2. The lowest BCUT2D eigenvalue weighted by atomic mass is 9.78. The molecule has 0 radical (unpaired) electrons. The van der Waals surface area contributed by atoms with E-state index >= 15 is 0 Å². The SMILES string of the molecule is CN(C)C[C@H]1[C@H]2C[C@H](CN(C(=O)CN(C)Cc3ccncc3)C2)c2cccc(=O)n21. The first-order chi connectivity index (χ1) is 14.4. The van der Waals surface area contributed by atoms with E-state index in [1.54, 1.807) is 18.5 Å². The van der Waals surface area contributed by atoms with Gasteiger partial charge in [0.1, 0.15) is 0 Å². The second-order valence-corrected chi connectivity index (χ2v) is 9.01. The number of fused-ring (bicyclic) bond motifs is 4. The summed E-state index contributed by atoms with van der Waals surface area (Å²) in [5, 5.41) is 0. The Morgan fingerprint density at radius 3 is 2.63 bits per heavy atom. The molecule has 0 aromatic carbocycles. The van der Waals surface area contributed by atoms with E-state index in [4.69, 9.17) is 0 Å². The Bertz CT molecular complexity index is 942. The van der Waals surface area contributed by atoms with Gasteiger partial charge in [-0.3, -0.25) is 19.5 Å². The van der Waals surface area contributed by atoms with Crippen molar-refractivity contribution in [2.75, 3.05) is 47.3 Å². The van der Waals surface area contributed by atoms with Crippen LogP contribution in [0, 0.1) is 5.92 Å². The number of likely N-dealkylation sites (N-methyl/N-ethyl adjacent to an activating group) is 2. The van der Waals surface area contributed by atoms with Gasteiger partial charge >= 0.3 is 0 Å². The van der Waals surface area contributed by atoms with Crippen molar-refractivity contribution in [2.45, 2.75) is 24.9 Å². The molecule has 1 saturated heterocycles. The first-order valence-electron chi connectivity index (χ1n) is 10.6. The van der Waals surface area contributed by atoms with Gasteiger partial charge in [-0.2, -0.15) is 0 Å². The van der Waals surface area contributed by atoms with Crippen molar-refractivity contribution in [1.82, 2.24) is 24.3 Å². The molecule has 2 aliphatic rings. The maximum absolute atomic E-state index is 13.1. The van der Waals surface area contributed by atoms with E-state index in [0.29, 0.717) is 19.0 Å². The Kier molecular flexibility index (Phi) is 6.01. The quantitative estimate of drug-likeness (QED) is 0.722. The summed E-state index contributed by atoms with van der Waals surface area (Å²) in [6.07, 6.45) is 4.60. The van der Waals surface area contributed by atoms with E-state index in [1.807, 2.05) is 48.8 Å². The topological polar surface area (TPSA) is 61.7 Å². The molecule has 160 valence electrons. The molecule has 30 heavy (non-hydrogen) atoms. The number of aromatic nitrogens is 2. The second-order valence-electron chi connectivity index (χ2n) is 9.01. The summed E-state index contributed by atoms with van der Waals surface area (Å²) < 4.78 is 2.00. The molecule has 0 unspecified atom stereocenters. The summed E-state index contributed by atoms with van der Waals surface area (Å²) in [4.78, 5) is 36.1. The Morgan fingerprint density at radius 1 is 1.13 bits per heavy atom. The maximum atomic E-state index is 13.1. The zero-order valence-corrected chi connectivity index (χ0v) is 18.1. The third-order valence-electron chi connectivity index (χ3n) is 6.31. The van der Waals surface area contributed by atoms with Gasteiger partial charge in [-0.25, -0.2) is 0 Å². The van der Waals surface area contributed by atoms with E-state index in [9.17, 15) is 9.59 Å². The molecular formula is C23H31N5O2. The summed E-state index contributed by atoms with van der Waals surface area (Å²) in [7, 11) is 6.06. The second kappa shape index (κ2) is 8.70. The van der Waals surface area contributed by atoms with E-state index in [1.165, 1.54) is 0 Å². The van der Waals surface area contributed by atoms with Crippen LogP contribution in [0.2, 0.25) is 0 Å². The predicted octanol–water partition coefficient (Wildman–Crippen LogP) is 1.42. The summed E-state index contributed by atoms with van der Waals surface area (Å²) in [6.45, 7) is 3.32. The molecule has 3 atom stereocenters. The number of carbonyl (C=O) groups is 1. The van der Waals surface area contributed by atoms with Gasteiger partial charge in [0.05, 0.1) is 12.6 Å². The molecule has 0 aliphatic carbocycles. The predicted molar refractivity (Wildman–Crippen MR) is 116 cm³/mol. The average molecular weight is 410 g/mol. The third-order valence-corrected chi connectivity index (χ3v) is 6.31. The smallest absolute Gasteiger partial charge is 0.251 e. The number of hydrogen-bond acceptors (Lipinski definition) is 5. The van der Waals surface area contributed by atoms with E-state index in [-0.39, 0.29) is 23.4 Å². The number of nitrogens with zero attached hydrogens (tertiary/aromatic N) is 5. The monoisotopic (exact) mass is 409 g/mol. The molecule has 7 heteroatoms. The van der Waals surface area contributed by atoms with Crippen LogP contribution in [0.4, 0.5) is 0 Å². The Hall–Kier alpha value is -2.51. The molecule has 2 aliphatic heterocycles. The van der Waals surface area contributed by atoms with Crippen molar-refractivity contribution in [3.63, 3.8) is 0 Å². The summed E-state index contributed by atoms with van der Waals surface area (Å²) in [6, 6.07) is 9.63. The minimum Gasteiger partial charge on any atom is -0.341 e. The number of piperidine rings is 1. The normalized spacial score (nSPS) is 23.0. The largest absolute Gasteiger partial charge is 0.341 e. The highest BCUT2D eigenvalue weighted by Gasteiger charge is 2.41. The van der Waals surface area contributed by atoms with Crippen molar-refractivity contribution in [3.05, 3.63) is 64.3 Å². The highest BCUT2D eigenvalue weighted by atomic mass is 16.2. The van der Waals surface area contributed by atoms with E-state index < -0.39 is 0 Å². The molecule has 0 N–H and O–H groups in total. The molecule has 2 aromatic rings. The van der Waals surface area contributed by atoms with Crippen LogP contribution in [0.1, 0.15) is 29.6 Å². The first-order valence-corrected chi connectivity index (χ1v) is 10.6. The fraction of sp³-hybridized carbons (Fsp3) is 0.522. The highest BCUT2D eigenvalue weighted by molar-refractivity contribution is 5.78. The van der Waals surface area contributed by atoms with Gasteiger partial charge < -0.3 is 14.4 Å². The number of carbonyl (C=O) groups excluding carboxylic acids is 1. The molecule has 2 bridgehead atoms. The van der Waals surface area contributed by atoms with Crippen LogP contribution in [-0.2, 0) is 11.3 Å². The van der Waals surface area contributed by atoms with Gasteiger partial charge in [0.2, 0.25) is 5.91 Å². The van der Waals surface area contributed by atoms with Crippen LogP contribution in [0.25, 0.3) is 0 Å². The van der Waals surface area contributed by atoms with E-state index in [0.717, 1.165) is 37.3 Å². The van der Waals surface area contributed by atoms with Gasteiger partial charge in [0.15, 0.2) is 0 Å². The van der Waals surface area contributed by atoms with Crippen molar-refractivity contribution in [1.29, 1.82) is 0 Å². The molecule has 7 nitrogen and oxygen atoms in total. The van der Waals surface area contributed by atoms with Crippen LogP contribution in [0.15, 0.2) is 47.5 Å². The zero-order chi connectivity index (χ0) is 21.3. The summed E-state index contributed by atoms with van der Waals surface area (Å²) >= 11 is 0. The zero-order valence-electron chi connectivity index (χ0n) is 18.1. The van der Waals surface area contributed by atoms with Crippen molar-refractivity contribution in [3.8, 4) is 0 Å². The molecule has 1 amide bonds. The molecule has 1 fully saturated rings. The van der Waals surface area contributed by atoms with Gasteiger partial charge in [-0.05, 0) is 57.2 Å². The molecule has 0 spiro atoms. The molecule has 0 saturated carbocycles. The summed E-state index contributed by atoms with van der Waals surface area (Å²) in [5.74, 6) is 0.690. The number of amides is 1. The number of rotatable bonds is 6. The van der Waals surface area contributed by atoms with Crippen LogP contribution in [-0.4, -0.2) is 77.5 Å². The number of hydrogen-bond donors (Lipinski definition) is 0. The molecular weight excluding hydrogens is 378 g/mol.